The zero-order valence-corrected chi connectivity index (χ0v) is 17.3. The summed E-state index contributed by atoms with van der Waals surface area (Å²) in [4.78, 5) is 48.0. The average Bonchev–Trinajstić information content (AvgIpc) is 3.10. The van der Waals surface area contributed by atoms with Gasteiger partial charge in [0.05, 0.1) is 12.1 Å². The molecule has 2 rings (SSSR count). The zero-order chi connectivity index (χ0) is 21.7. The Labute approximate surface area is 170 Å². The van der Waals surface area contributed by atoms with E-state index >= 15 is 0 Å². The number of likely N-dealkylation sites (N-methyl/N-ethyl adjacent to an activating group) is 1. The highest BCUT2D eigenvalue weighted by Gasteiger charge is 2.50. The number of carbonyl (C=O) groups is 4. The molecule has 0 saturated carbocycles. The van der Waals surface area contributed by atoms with Crippen LogP contribution >= 0.6 is 0 Å². The molecule has 0 unspecified atom stereocenters. The Morgan fingerprint density at radius 3 is 2.55 bits per heavy atom. The molecule has 0 bridgehead atoms. The van der Waals surface area contributed by atoms with Crippen LogP contribution in [0.4, 0.5) is 0 Å². The number of ether oxygens (including phenoxy) is 1. The maximum atomic E-state index is 12.6. The minimum absolute atomic E-state index is 0.0442. The van der Waals surface area contributed by atoms with E-state index in [2.05, 4.69) is 16.0 Å². The van der Waals surface area contributed by atoms with Crippen molar-refractivity contribution in [3.8, 4) is 0 Å². The summed E-state index contributed by atoms with van der Waals surface area (Å²) in [6.07, 6.45) is 4.42. The number of esters is 1. The molecular formula is C20H31N3O6. The first-order valence-corrected chi connectivity index (χ1v) is 10.1. The second-order valence-electron chi connectivity index (χ2n) is 7.87. The van der Waals surface area contributed by atoms with Gasteiger partial charge in [-0.2, -0.15) is 0 Å². The van der Waals surface area contributed by atoms with Crippen LogP contribution < -0.4 is 16.0 Å². The van der Waals surface area contributed by atoms with E-state index in [9.17, 15) is 24.3 Å². The molecule has 1 fully saturated rings. The van der Waals surface area contributed by atoms with Crippen LogP contribution in [0.3, 0.4) is 0 Å². The number of carbonyl (C=O) groups excluding carboxylic acids is 3. The minimum Gasteiger partial charge on any atom is -0.480 e. The van der Waals surface area contributed by atoms with Gasteiger partial charge in [-0.05, 0) is 38.6 Å². The highest BCUT2D eigenvalue weighted by Crippen LogP contribution is 2.32. The van der Waals surface area contributed by atoms with E-state index in [0.29, 0.717) is 6.42 Å². The molecule has 9 nitrogen and oxygen atoms in total. The highest BCUT2D eigenvalue weighted by atomic mass is 16.6. The standard InChI is InChI=1S/C20H31N3O6/c1-5-10(2)15-16(29-20(15)28)18(25)22-13-8-6-7-12(13)9-14(19(26)27)23-17(24)11(3)21-4/h6,8,10-16,21H,5,7,9H2,1-4H3,(H,22,25)(H,23,24)(H,26,27)/t10-,11-,12+,13-,14-,15-,16+/m0/s1. The first-order chi connectivity index (χ1) is 13.7. The zero-order valence-electron chi connectivity index (χ0n) is 17.3. The van der Waals surface area contributed by atoms with Gasteiger partial charge in [-0.3, -0.25) is 14.4 Å². The third-order valence-electron chi connectivity index (χ3n) is 5.94. The lowest BCUT2D eigenvalue weighted by molar-refractivity contribution is -0.193. The highest BCUT2D eigenvalue weighted by molar-refractivity contribution is 5.94. The normalized spacial score (nSPS) is 28.6. The molecule has 9 heteroatoms. The van der Waals surface area contributed by atoms with Crippen LogP contribution in [0.15, 0.2) is 12.2 Å². The van der Waals surface area contributed by atoms with Crippen LogP contribution in [0.5, 0.6) is 0 Å². The van der Waals surface area contributed by atoms with E-state index in [0.717, 1.165) is 6.42 Å². The number of allylic oxidation sites excluding steroid dienone is 1. The van der Waals surface area contributed by atoms with E-state index < -0.39 is 36.0 Å². The lowest BCUT2D eigenvalue weighted by atomic mass is 9.82. The van der Waals surface area contributed by atoms with Crippen molar-refractivity contribution in [1.82, 2.24) is 16.0 Å². The van der Waals surface area contributed by atoms with E-state index in [1.807, 2.05) is 26.0 Å². The average molecular weight is 409 g/mol. The lowest BCUT2D eigenvalue weighted by Gasteiger charge is -2.38. The molecule has 1 saturated heterocycles. The van der Waals surface area contributed by atoms with Gasteiger partial charge >= 0.3 is 11.9 Å². The lowest BCUT2D eigenvalue weighted by Crippen LogP contribution is -2.58. The van der Waals surface area contributed by atoms with E-state index in [-0.39, 0.29) is 36.2 Å². The molecule has 1 aliphatic carbocycles. The summed E-state index contributed by atoms with van der Waals surface area (Å²) in [6, 6.07) is -1.95. The maximum absolute atomic E-state index is 12.6. The fourth-order valence-electron chi connectivity index (χ4n) is 3.64. The summed E-state index contributed by atoms with van der Waals surface area (Å²) in [7, 11) is 1.62. The Hall–Kier alpha value is -2.42. The van der Waals surface area contributed by atoms with Gasteiger partial charge in [0, 0.05) is 0 Å². The van der Waals surface area contributed by atoms with Crippen molar-refractivity contribution >= 4 is 23.8 Å². The van der Waals surface area contributed by atoms with Gasteiger partial charge < -0.3 is 25.8 Å². The van der Waals surface area contributed by atoms with Crippen LogP contribution in [-0.2, 0) is 23.9 Å². The predicted molar refractivity (Wildman–Crippen MR) is 105 cm³/mol. The Morgan fingerprint density at radius 1 is 1.31 bits per heavy atom. The van der Waals surface area contributed by atoms with Crippen molar-refractivity contribution in [3.05, 3.63) is 12.2 Å². The Morgan fingerprint density at radius 2 is 2.00 bits per heavy atom. The molecule has 29 heavy (non-hydrogen) atoms. The molecule has 0 radical (unpaired) electrons. The maximum Gasteiger partial charge on any atom is 0.326 e. The van der Waals surface area contributed by atoms with Crippen LogP contribution in [0.2, 0.25) is 0 Å². The Balaban J connectivity index is 1.97. The quantitative estimate of drug-likeness (QED) is 0.299. The Bertz CT molecular complexity index is 679. The van der Waals surface area contributed by atoms with Gasteiger partial charge in [-0.25, -0.2) is 4.79 Å². The fourth-order valence-corrected chi connectivity index (χ4v) is 3.64. The number of nitrogens with one attached hydrogen (secondary N) is 3. The molecule has 0 aromatic heterocycles. The molecule has 0 spiro atoms. The molecule has 2 amide bonds. The molecular weight excluding hydrogens is 378 g/mol. The summed E-state index contributed by atoms with van der Waals surface area (Å²) in [5.74, 6) is -2.82. The van der Waals surface area contributed by atoms with Crippen LogP contribution in [-0.4, -0.2) is 60.1 Å². The first-order valence-electron chi connectivity index (χ1n) is 10.1. The molecule has 1 aliphatic heterocycles. The molecule has 1 heterocycles. The number of cyclic esters (lactones) is 1. The number of rotatable bonds is 10. The van der Waals surface area contributed by atoms with Crippen molar-refractivity contribution in [1.29, 1.82) is 0 Å². The topological polar surface area (TPSA) is 134 Å². The number of hydrogen-bond donors (Lipinski definition) is 4. The monoisotopic (exact) mass is 409 g/mol. The number of carboxylic acids is 1. The van der Waals surface area contributed by atoms with E-state index in [1.165, 1.54) is 0 Å². The number of amides is 2. The van der Waals surface area contributed by atoms with E-state index in [1.54, 1.807) is 14.0 Å². The van der Waals surface area contributed by atoms with Gasteiger partial charge in [0.1, 0.15) is 12.0 Å². The number of aliphatic carboxylic acids is 1. The third-order valence-corrected chi connectivity index (χ3v) is 5.94. The molecule has 4 N–H and O–H groups in total. The van der Waals surface area contributed by atoms with Gasteiger partial charge in [0.2, 0.25) is 5.91 Å². The summed E-state index contributed by atoms with van der Waals surface area (Å²) in [5.41, 5.74) is 0. The van der Waals surface area contributed by atoms with Crippen molar-refractivity contribution in [3.63, 3.8) is 0 Å². The number of hydrogen-bond acceptors (Lipinski definition) is 6. The van der Waals surface area contributed by atoms with Crippen LogP contribution in [0.25, 0.3) is 0 Å². The summed E-state index contributed by atoms with van der Waals surface area (Å²) in [6.45, 7) is 5.51. The SMILES string of the molecule is CC[C@H](C)[C@@H]1C(=O)O[C@H]1C(=O)N[C@H]1C=CC[C@@H]1C[C@H](NC(=O)[C@H](C)NC)C(=O)O. The van der Waals surface area contributed by atoms with E-state index in [4.69, 9.17) is 4.74 Å². The molecule has 7 atom stereocenters. The Kier molecular flexibility index (Phi) is 7.78. The van der Waals surface area contributed by atoms with Crippen LogP contribution in [0, 0.1) is 17.8 Å². The summed E-state index contributed by atoms with van der Waals surface area (Å²) < 4.78 is 5.06. The van der Waals surface area contributed by atoms with Crippen molar-refractivity contribution in [2.45, 2.75) is 64.3 Å². The first kappa shape index (κ1) is 22.9. The minimum atomic E-state index is -1.12. The largest absolute Gasteiger partial charge is 0.480 e. The van der Waals surface area contributed by atoms with Gasteiger partial charge in [-0.15, -0.1) is 0 Å². The molecule has 0 aromatic rings. The smallest absolute Gasteiger partial charge is 0.326 e. The summed E-state index contributed by atoms with van der Waals surface area (Å²) >= 11 is 0. The second-order valence-corrected chi connectivity index (χ2v) is 7.87. The third kappa shape index (κ3) is 5.35. The molecule has 2 aliphatic rings. The fraction of sp³-hybridized carbons (Fsp3) is 0.700. The summed E-state index contributed by atoms with van der Waals surface area (Å²) in [5, 5.41) is 17.7. The number of carboxylic acid groups (broad SMARTS) is 1. The predicted octanol–water partition coefficient (Wildman–Crippen LogP) is 0.202. The van der Waals surface area contributed by atoms with Gasteiger partial charge in [-0.1, -0.05) is 32.4 Å². The molecule has 0 aromatic carbocycles. The van der Waals surface area contributed by atoms with Crippen LogP contribution in [0.1, 0.15) is 40.0 Å². The van der Waals surface area contributed by atoms with Gasteiger partial charge in [0.15, 0.2) is 6.10 Å². The van der Waals surface area contributed by atoms with Gasteiger partial charge in [0.25, 0.3) is 5.91 Å². The van der Waals surface area contributed by atoms with Crippen molar-refractivity contribution in [2.75, 3.05) is 7.05 Å². The van der Waals surface area contributed by atoms with Crippen molar-refractivity contribution in [2.24, 2.45) is 17.8 Å². The molecule has 162 valence electrons. The van der Waals surface area contributed by atoms with Crippen molar-refractivity contribution < 1.29 is 29.0 Å². The second kappa shape index (κ2) is 9.87.